The molecule has 0 heterocycles. The van der Waals surface area contributed by atoms with E-state index in [1.54, 1.807) is 0 Å². The van der Waals surface area contributed by atoms with E-state index in [1.807, 2.05) is 12.1 Å². The van der Waals surface area contributed by atoms with E-state index >= 15 is 0 Å². The first-order valence-corrected chi connectivity index (χ1v) is 15.1. The van der Waals surface area contributed by atoms with Gasteiger partial charge in [0.15, 0.2) is 0 Å². The summed E-state index contributed by atoms with van der Waals surface area (Å²) in [7, 11) is 0. The summed E-state index contributed by atoms with van der Waals surface area (Å²) in [5, 5.41) is 0. The molecule has 0 bridgehead atoms. The Hall–Kier alpha value is -1.57. The Morgan fingerprint density at radius 3 is 2.20 bits per heavy atom. The highest BCUT2D eigenvalue weighted by atomic mass is 16.5. The first-order chi connectivity index (χ1) is 17.1. The van der Waals surface area contributed by atoms with Crippen molar-refractivity contribution in [2.75, 3.05) is 0 Å². The number of ether oxygens (including phenoxy) is 1. The number of esters is 1. The van der Waals surface area contributed by atoms with Crippen LogP contribution in [0.5, 0.6) is 0 Å². The molecule has 2 heteroatoms. The van der Waals surface area contributed by atoms with Gasteiger partial charge in [0.25, 0.3) is 0 Å². The fraction of sp³-hybridized carbons (Fsp3) is 0.727. The van der Waals surface area contributed by atoms with E-state index in [0.29, 0.717) is 5.56 Å². The number of benzene rings is 1. The van der Waals surface area contributed by atoms with Crippen LogP contribution in [0, 0.1) is 17.8 Å². The van der Waals surface area contributed by atoms with E-state index in [0.717, 1.165) is 30.6 Å². The molecular weight excluding hydrogens is 428 g/mol. The molecule has 0 amide bonds. The molecular formula is C33H52O2. The van der Waals surface area contributed by atoms with Gasteiger partial charge in [0.1, 0.15) is 6.10 Å². The molecule has 0 aromatic heterocycles. The van der Waals surface area contributed by atoms with Crippen LogP contribution in [0.4, 0.5) is 0 Å². The SMILES string of the molecule is CCCCCCCC1CCC(OC(=O)c2ccc(C3=CCC(CCC(CC)CC)CC3)cc2)CC1. The highest BCUT2D eigenvalue weighted by Gasteiger charge is 2.24. The van der Waals surface area contributed by atoms with Crippen LogP contribution in [0.15, 0.2) is 30.3 Å². The topological polar surface area (TPSA) is 26.3 Å². The summed E-state index contributed by atoms with van der Waals surface area (Å²) in [5.41, 5.74) is 3.43. The number of hydrogen-bond donors (Lipinski definition) is 0. The molecule has 1 unspecified atom stereocenters. The Morgan fingerprint density at radius 2 is 1.57 bits per heavy atom. The first kappa shape index (κ1) is 28.0. The number of carbonyl (C=O) groups excluding carboxylic acids is 1. The zero-order valence-corrected chi connectivity index (χ0v) is 23.0. The lowest BCUT2D eigenvalue weighted by Crippen LogP contribution is -2.24. The minimum atomic E-state index is -0.140. The van der Waals surface area contributed by atoms with Crippen LogP contribution in [0.25, 0.3) is 5.57 Å². The molecule has 1 saturated carbocycles. The fourth-order valence-corrected chi connectivity index (χ4v) is 6.20. The molecule has 1 atom stereocenters. The van der Waals surface area contributed by atoms with Crippen molar-refractivity contribution in [1.29, 1.82) is 0 Å². The minimum Gasteiger partial charge on any atom is -0.459 e. The zero-order valence-electron chi connectivity index (χ0n) is 23.0. The van der Waals surface area contributed by atoms with Gasteiger partial charge in [-0.15, -0.1) is 0 Å². The third-order valence-corrected chi connectivity index (χ3v) is 8.93. The van der Waals surface area contributed by atoms with E-state index in [1.165, 1.54) is 107 Å². The van der Waals surface area contributed by atoms with Gasteiger partial charge in [-0.05, 0) is 92.4 Å². The molecule has 0 aliphatic heterocycles. The van der Waals surface area contributed by atoms with Crippen molar-refractivity contribution in [3.05, 3.63) is 41.5 Å². The maximum Gasteiger partial charge on any atom is 0.338 e. The van der Waals surface area contributed by atoms with Crippen LogP contribution in [0.2, 0.25) is 0 Å². The molecule has 1 aromatic carbocycles. The van der Waals surface area contributed by atoms with Gasteiger partial charge in [-0.1, -0.05) is 96.8 Å². The lowest BCUT2D eigenvalue weighted by molar-refractivity contribution is 0.0161. The Labute approximate surface area is 216 Å². The molecule has 0 radical (unpaired) electrons. The molecule has 0 saturated heterocycles. The highest BCUT2D eigenvalue weighted by molar-refractivity contribution is 5.90. The summed E-state index contributed by atoms with van der Waals surface area (Å²) in [6, 6.07) is 8.20. The van der Waals surface area contributed by atoms with Crippen LogP contribution in [0.1, 0.15) is 146 Å². The maximum atomic E-state index is 12.7. The van der Waals surface area contributed by atoms with Gasteiger partial charge < -0.3 is 4.74 Å². The number of hydrogen-bond acceptors (Lipinski definition) is 2. The van der Waals surface area contributed by atoms with Gasteiger partial charge in [-0.3, -0.25) is 0 Å². The van der Waals surface area contributed by atoms with Crippen molar-refractivity contribution >= 4 is 11.5 Å². The second kappa shape index (κ2) is 15.5. The van der Waals surface area contributed by atoms with E-state index < -0.39 is 0 Å². The lowest BCUT2D eigenvalue weighted by Gasteiger charge is -2.28. The van der Waals surface area contributed by atoms with Crippen molar-refractivity contribution < 1.29 is 9.53 Å². The standard InChI is InChI=1S/C33H52O2/c1-4-7-8-9-10-11-27-16-24-32(25-17-27)35-33(34)31-22-20-30(21-23-31)29-18-14-28(15-19-29)13-12-26(5-2)6-3/h18,20-23,26-28,32H,4-17,19,24-25H2,1-3H3. The van der Waals surface area contributed by atoms with Crippen molar-refractivity contribution in [3.63, 3.8) is 0 Å². The third kappa shape index (κ3) is 9.43. The second-order valence-electron chi connectivity index (χ2n) is 11.5. The van der Waals surface area contributed by atoms with Crippen molar-refractivity contribution in [2.24, 2.45) is 17.8 Å². The molecule has 0 N–H and O–H groups in total. The summed E-state index contributed by atoms with van der Waals surface area (Å²) in [6.07, 6.45) is 24.3. The Morgan fingerprint density at radius 1 is 0.857 bits per heavy atom. The van der Waals surface area contributed by atoms with E-state index in [2.05, 4.69) is 39.0 Å². The molecule has 0 spiro atoms. The molecule has 3 rings (SSSR count). The van der Waals surface area contributed by atoms with Crippen LogP contribution < -0.4 is 0 Å². The van der Waals surface area contributed by atoms with E-state index in [4.69, 9.17) is 4.74 Å². The van der Waals surface area contributed by atoms with Gasteiger partial charge in [0.05, 0.1) is 5.56 Å². The van der Waals surface area contributed by atoms with Gasteiger partial charge in [-0.2, -0.15) is 0 Å². The molecule has 2 aliphatic carbocycles. The largest absolute Gasteiger partial charge is 0.459 e. The summed E-state index contributed by atoms with van der Waals surface area (Å²) >= 11 is 0. The average Bonchev–Trinajstić information content (AvgIpc) is 2.90. The van der Waals surface area contributed by atoms with Crippen molar-refractivity contribution in [1.82, 2.24) is 0 Å². The normalized spacial score (nSPS) is 22.7. The van der Waals surface area contributed by atoms with E-state index in [9.17, 15) is 4.79 Å². The smallest absolute Gasteiger partial charge is 0.338 e. The predicted molar refractivity (Wildman–Crippen MR) is 150 cm³/mol. The van der Waals surface area contributed by atoms with Crippen molar-refractivity contribution in [3.8, 4) is 0 Å². The molecule has 2 nitrogen and oxygen atoms in total. The highest BCUT2D eigenvalue weighted by Crippen LogP contribution is 2.34. The Balaban J connectivity index is 1.38. The van der Waals surface area contributed by atoms with Gasteiger partial charge in [0, 0.05) is 0 Å². The molecule has 1 fully saturated rings. The van der Waals surface area contributed by atoms with Crippen molar-refractivity contribution in [2.45, 2.75) is 136 Å². The quantitative estimate of drug-likeness (QED) is 0.195. The first-order valence-electron chi connectivity index (χ1n) is 15.1. The maximum absolute atomic E-state index is 12.7. The zero-order chi connectivity index (χ0) is 24.9. The summed E-state index contributed by atoms with van der Waals surface area (Å²) < 4.78 is 5.89. The predicted octanol–water partition coefficient (Wildman–Crippen LogP) is 10.2. The van der Waals surface area contributed by atoms with Crippen LogP contribution in [-0.4, -0.2) is 12.1 Å². The Bertz CT molecular complexity index is 750. The number of allylic oxidation sites excluding steroid dienone is 2. The summed E-state index contributed by atoms with van der Waals surface area (Å²) in [6.45, 7) is 6.93. The van der Waals surface area contributed by atoms with Gasteiger partial charge in [-0.25, -0.2) is 4.79 Å². The van der Waals surface area contributed by atoms with Crippen LogP contribution in [-0.2, 0) is 4.74 Å². The monoisotopic (exact) mass is 480 g/mol. The second-order valence-corrected chi connectivity index (χ2v) is 11.5. The van der Waals surface area contributed by atoms with Crippen LogP contribution >= 0.6 is 0 Å². The fourth-order valence-electron chi connectivity index (χ4n) is 6.20. The van der Waals surface area contributed by atoms with Gasteiger partial charge in [0.2, 0.25) is 0 Å². The molecule has 1 aromatic rings. The molecule has 35 heavy (non-hydrogen) atoms. The number of rotatable bonds is 14. The molecule has 2 aliphatic rings. The minimum absolute atomic E-state index is 0.108. The van der Waals surface area contributed by atoms with Gasteiger partial charge >= 0.3 is 5.97 Å². The molecule has 196 valence electrons. The lowest BCUT2D eigenvalue weighted by atomic mass is 9.82. The number of carbonyl (C=O) groups is 1. The Kier molecular flexibility index (Phi) is 12.4. The summed E-state index contributed by atoms with van der Waals surface area (Å²) in [5.74, 6) is 2.46. The van der Waals surface area contributed by atoms with Crippen LogP contribution in [0.3, 0.4) is 0 Å². The third-order valence-electron chi connectivity index (χ3n) is 8.93. The average molecular weight is 481 g/mol. The number of unbranched alkanes of at least 4 members (excludes halogenated alkanes) is 4. The van der Waals surface area contributed by atoms with E-state index in [-0.39, 0.29) is 12.1 Å². The summed E-state index contributed by atoms with van der Waals surface area (Å²) in [4.78, 5) is 12.7.